The number of rotatable bonds is 0. The molecule has 2 heterocycles. The van der Waals surface area contributed by atoms with Crippen molar-refractivity contribution >= 4 is 0 Å². The van der Waals surface area contributed by atoms with E-state index in [1.54, 1.807) is 0 Å². The summed E-state index contributed by atoms with van der Waals surface area (Å²) in [5.74, 6) is 0.786. The second-order valence-corrected chi connectivity index (χ2v) is 6.21. The smallest absolute Gasteiger partial charge is 0.219 e. The Kier molecular flexibility index (Phi) is 1.37. The first-order valence-electron chi connectivity index (χ1n) is 6.28. The van der Waals surface area contributed by atoms with E-state index in [0.29, 0.717) is 11.8 Å². The van der Waals surface area contributed by atoms with E-state index >= 15 is 0 Å². The first kappa shape index (κ1) is 9.43. The zero-order valence-electron chi connectivity index (χ0n) is 10.1. The molecule has 4 rings (SSSR count). The molecule has 0 aromatic carbocycles. The predicted octanol–water partition coefficient (Wildman–Crippen LogP) is 2.66. The Morgan fingerprint density at radius 3 is 3.00 bits per heavy atom. The molecule has 0 saturated carbocycles. The van der Waals surface area contributed by atoms with Crippen LogP contribution in [0.25, 0.3) is 0 Å². The van der Waals surface area contributed by atoms with Gasteiger partial charge in [-0.2, -0.15) is 0 Å². The quantitative estimate of drug-likeness (QED) is 0.583. The number of hydrogen-bond donors (Lipinski definition) is 0. The van der Waals surface area contributed by atoms with E-state index in [1.807, 2.05) is 0 Å². The van der Waals surface area contributed by atoms with Gasteiger partial charge in [0.05, 0.1) is 6.61 Å². The van der Waals surface area contributed by atoms with E-state index in [4.69, 9.17) is 9.47 Å². The molecule has 0 unspecified atom stereocenters. The third kappa shape index (κ3) is 0.750. The Labute approximate surface area is 96.3 Å². The van der Waals surface area contributed by atoms with Crippen LogP contribution in [0.5, 0.6) is 0 Å². The lowest BCUT2D eigenvalue weighted by atomic mass is 9.64. The topological polar surface area (TPSA) is 21.8 Å². The summed E-state index contributed by atoms with van der Waals surface area (Å²) in [5.41, 5.74) is 1.68. The molecule has 0 bridgehead atoms. The first-order valence-corrected chi connectivity index (χ1v) is 6.28. The summed E-state index contributed by atoms with van der Waals surface area (Å²) in [6.07, 6.45) is 7.95. The molecule has 5 atom stereocenters. The van der Waals surface area contributed by atoms with Gasteiger partial charge in [-0.25, -0.2) is 0 Å². The number of ether oxygens (including phenoxy) is 2. The molecule has 0 aromatic rings. The van der Waals surface area contributed by atoms with Crippen LogP contribution in [0.1, 0.15) is 27.2 Å². The Balaban J connectivity index is 1.86. The van der Waals surface area contributed by atoms with Crippen molar-refractivity contribution in [2.24, 2.45) is 17.3 Å². The Bertz CT molecular complexity index is 438. The molecular formula is C14H18O2. The molecule has 2 aliphatic carbocycles. The number of epoxide rings is 1. The van der Waals surface area contributed by atoms with Gasteiger partial charge in [0.2, 0.25) is 5.79 Å². The standard InChI is InChI=1S/C14H18O2/c1-9-4-5-11-6-14-13(16-14,8-12(9,11)3)10(2)7-15-14/h4-6,9-10H,7-8H2,1-3H3/t9-,10-,12-,13-,14-/m1/s1. The molecule has 2 saturated heterocycles. The van der Waals surface area contributed by atoms with Gasteiger partial charge in [-0.05, 0) is 24.0 Å². The fourth-order valence-electron chi connectivity index (χ4n) is 3.89. The molecule has 4 aliphatic rings. The van der Waals surface area contributed by atoms with Gasteiger partial charge in [0.25, 0.3) is 0 Å². The maximum atomic E-state index is 6.02. The average Bonchev–Trinajstić information content (AvgIpc) is 2.72. The third-order valence-electron chi connectivity index (χ3n) is 5.43. The van der Waals surface area contributed by atoms with Crippen LogP contribution in [0, 0.1) is 17.3 Å². The maximum absolute atomic E-state index is 6.02. The summed E-state index contributed by atoms with van der Waals surface area (Å²) >= 11 is 0. The lowest BCUT2D eigenvalue weighted by Gasteiger charge is -2.37. The summed E-state index contributed by atoms with van der Waals surface area (Å²) in [7, 11) is 0. The van der Waals surface area contributed by atoms with E-state index < -0.39 is 0 Å². The highest BCUT2D eigenvalue weighted by Gasteiger charge is 2.80. The van der Waals surface area contributed by atoms with Crippen molar-refractivity contribution in [1.29, 1.82) is 0 Å². The minimum absolute atomic E-state index is 0.00840. The van der Waals surface area contributed by atoms with Gasteiger partial charge in [-0.1, -0.05) is 32.9 Å². The molecule has 2 aliphatic heterocycles. The minimum Gasteiger partial charge on any atom is -0.344 e. The fourth-order valence-corrected chi connectivity index (χ4v) is 3.89. The first-order chi connectivity index (χ1) is 7.53. The second-order valence-electron chi connectivity index (χ2n) is 6.21. The summed E-state index contributed by atoms with van der Waals surface area (Å²) in [4.78, 5) is 0. The van der Waals surface area contributed by atoms with E-state index in [2.05, 4.69) is 39.0 Å². The number of allylic oxidation sites excluding steroid dienone is 3. The van der Waals surface area contributed by atoms with E-state index in [9.17, 15) is 0 Å². The van der Waals surface area contributed by atoms with Gasteiger partial charge in [-0.15, -0.1) is 0 Å². The monoisotopic (exact) mass is 218 g/mol. The largest absolute Gasteiger partial charge is 0.344 e. The molecule has 0 N–H and O–H groups in total. The fraction of sp³-hybridized carbons (Fsp3) is 0.714. The summed E-state index contributed by atoms with van der Waals surface area (Å²) in [6.45, 7) is 7.78. The normalized spacial score (nSPS) is 61.3. The SMILES string of the molecule is C[C@@H]1C=CC2=C[C@]34OC[C@@H](C)[C@@]3(C[C@@]21C)O4. The Hall–Kier alpha value is -0.600. The van der Waals surface area contributed by atoms with Gasteiger partial charge in [-0.3, -0.25) is 0 Å². The lowest BCUT2D eigenvalue weighted by molar-refractivity contribution is -0.0214. The maximum Gasteiger partial charge on any atom is 0.219 e. The van der Waals surface area contributed by atoms with Crippen LogP contribution >= 0.6 is 0 Å². The molecule has 2 fully saturated rings. The van der Waals surface area contributed by atoms with Crippen LogP contribution < -0.4 is 0 Å². The molecule has 2 nitrogen and oxygen atoms in total. The lowest BCUT2D eigenvalue weighted by Crippen LogP contribution is -2.39. The van der Waals surface area contributed by atoms with Crippen molar-refractivity contribution in [3.8, 4) is 0 Å². The van der Waals surface area contributed by atoms with E-state index in [-0.39, 0.29) is 16.8 Å². The highest BCUT2D eigenvalue weighted by molar-refractivity contribution is 5.46. The van der Waals surface area contributed by atoms with E-state index in [0.717, 1.165) is 13.0 Å². The predicted molar refractivity (Wildman–Crippen MR) is 60.8 cm³/mol. The van der Waals surface area contributed by atoms with Crippen molar-refractivity contribution in [3.05, 3.63) is 23.8 Å². The highest BCUT2D eigenvalue weighted by atomic mass is 16.8. The molecular weight excluding hydrogens is 200 g/mol. The van der Waals surface area contributed by atoms with Crippen LogP contribution in [0.3, 0.4) is 0 Å². The van der Waals surface area contributed by atoms with Crippen LogP contribution in [-0.2, 0) is 9.47 Å². The zero-order valence-corrected chi connectivity index (χ0v) is 10.1. The molecule has 86 valence electrons. The van der Waals surface area contributed by atoms with Crippen molar-refractivity contribution in [3.63, 3.8) is 0 Å². The molecule has 0 radical (unpaired) electrons. The molecule has 16 heavy (non-hydrogen) atoms. The van der Waals surface area contributed by atoms with Gasteiger partial charge < -0.3 is 9.47 Å². The van der Waals surface area contributed by atoms with Gasteiger partial charge in [0.1, 0.15) is 5.60 Å². The molecule has 0 spiro atoms. The molecule has 2 heteroatoms. The van der Waals surface area contributed by atoms with Gasteiger partial charge in [0.15, 0.2) is 0 Å². The van der Waals surface area contributed by atoms with Crippen molar-refractivity contribution < 1.29 is 9.47 Å². The Morgan fingerprint density at radius 2 is 2.19 bits per heavy atom. The summed E-state index contributed by atoms with van der Waals surface area (Å²) < 4.78 is 11.9. The summed E-state index contributed by atoms with van der Waals surface area (Å²) in [5, 5.41) is 0. The minimum atomic E-state index is -0.352. The average molecular weight is 218 g/mol. The third-order valence-corrected chi connectivity index (χ3v) is 5.43. The van der Waals surface area contributed by atoms with Gasteiger partial charge in [0, 0.05) is 11.3 Å². The highest BCUT2D eigenvalue weighted by Crippen LogP contribution is 2.70. The second kappa shape index (κ2) is 2.32. The Morgan fingerprint density at radius 1 is 1.38 bits per heavy atom. The zero-order chi connectivity index (χ0) is 11.2. The van der Waals surface area contributed by atoms with E-state index in [1.165, 1.54) is 5.57 Å². The van der Waals surface area contributed by atoms with Gasteiger partial charge >= 0.3 is 0 Å². The van der Waals surface area contributed by atoms with Crippen LogP contribution in [0.15, 0.2) is 23.8 Å². The summed E-state index contributed by atoms with van der Waals surface area (Å²) in [6, 6.07) is 0. The molecule has 0 aromatic heterocycles. The molecule has 0 amide bonds. The van der Waals surface area contributed by atoms with Crippen LogP contribution in [0.2, 0.25) is 0 Å². The van der Waals surface area contributed by atoms with Crippen LogP contribution in [0.4, 0.5) is 0 Å². The van der Waals surface area contributed by atoms with Crippen LogP contribution in [-0.4, -0.2) is 18.0 Å². The number of fused-ring (bicyclic) bond motifs is 1. The van der Waals surface area contributed by atoms with Crippen molar-refractivity contribution in [2.45, 2.75) is 38.6 Å². The van der Waals surface area contributed by atoms with Crippen molar-refractivity contribution in [2.75, 3.05) is 6.61 Å². The number of hydrogen-bond acceptors (Lipinski definition) is 2. The van der Waals surface area contributed by atoms with Crippen molar-refractivity contribution in [1.82, 2.24) is 0 Å².